The van der Waals surface area contributed by atoms with Gasteiger partial charge in [-0.1, -0.05) is 60.7 Å². The lowest BCUT2D eigenvalue weighted by Crippen LogP contribution is -2.33. The van der Waals surface area contributed by atoms with Gasteiger partial charge in [-0.3, -0.25) is 4.79 Å². The Kier molecular flexibility index (Phi) is 5.53. The molecule has 27 heavy (non-hydrogen) atoms. The zero-order valence-corrected chi connectivity index (χ0v) is 15.2. The Morgan fingerprint density at radius 2 is 1.78 bits per heavy atom. The number of hydrogen-bond acceptors (Lipinski definition) is 4. The predicted octanol–water partition coefficient (Wildman–Crippen LogP) is 2.76. The zero-order chi connectivity index (χ0) is 18.6. The highest BCUT2D eigenvalue weighted by Crippen LogP contribution is 2.43. The molecule has 2 heterocycles. The molecule has 0 radical (unpaired) electrons. The second-order valence-electron chi connectivity index (χ2n) is 7.19. The lowest BCUT2D eigenvalue weighted by molar-refractivity contribution is -0.138. The third-order valence-electron chi connectivity index (χ3n) is 5.60. The zero-order valence-electron chi connectivity index (χ0n) is 15.2. The van der Waals surface area contributed by atoms with Crippen LogP contribution in [0.3, 0.4) is 0 Å². The molecule has 1 N–H and O–H groups in total. The first-order valence-electron chi connectivity index (χ1n) is 9.51. The number of aliphatic hydroxyl groups excluding tert-OH is 1. The Balaban J connectivity index is 1.39. The van der Waals surface area contributed by atoms with E-state index in [0.29, 0.717) is 26.2 Å². The molecule has 0 spiro atoms. The number of nitrogens with zero attached hydrogens (tertiary/aromatic N) is 1. The lowest BCUT2D eigenvalue weighted by Gasteiger charge is -2.23. The number of carbonyl (C=O) groups is 1. The molecule has 4 atom stereocenters. The van der Waals surface area contributed by atoms with Gasteiger partial charge in [-0.2, -0.15) is 0 Å². The van der Waals surface area contributed by atoms with Crippen molar-refractivity contribution in [3.8, 4) is 0 Å². The largest absolute Gasteiger partial charge is 0.396 e. The number of ether oxygens (including phenoxy) is 2. The van der Waals surface area contributed by atoms with E-state index in [1.807, 2.05) is 65.6 Å². The molecule has 4 rings (SSSR count). The van der Waals surface area contributed by atoms with Gasteiger partial charge in [0.2, 0.25) is 5.91 Å². The van der Waals surface area contributed by atoms with Crippen molar-refractivity contribution in [2.45, 2.75) is 25.3 Å². The van der Waals surface area contributed by atoms with Gasteiger partial charge in [-0.25, -0.2) is 0 Å². The van der Waals surface area contributed by atoms with E-state index in [2.05, 4.69) is 0 Å². The van der Waals surface area contributed by atoms with Crippen molar-refractivity contribution in [1.29, 1.82) is 0 Å². The topological polar surface area (TPSA) is 59.0 Å². The molecule has 5 nitrogen and oxygen atoms in total. The van der Waals surface area contributed by atoms with Crippen molar-refractivity contribution >= 4 is 5.91 Å². The van der Waals surface area contributed by atoms with Crippen LogP contribution in [0.1, 0.15) is 23.8 Å². The summed E-state index contributed by atoms with van der Waals surface area (Å²) in [6.45, 7) is 1.49. The first-order valence-corrected chi connectivity index (χ1v) is 9.51. The fourth-order valence-corrected chi connectivity index (χ4v) is 4.21. The van der Waals surface area contributed by atoms with Crippen molar-refractivity contribution in [2.24, 2.45) is 11.8 Å². The average Bonchev–Trinajstić information content (AvgIpc) is 3.26. The second-order valence-corrected chi connectivity index (χ2v) is 7.19. The van der Waals surface area contributed by atoms with Gasteiger partial charge in [0.05, 0.1) is 19.3 Å². The minimum Gasteiger partial charge on any atom is -0.396 e. The molecule has 2 aromatic carbocycles. The fourth-order valence-electron chi connectivity index (χ4n) is 4.21. The van der Waals surface area contributed by atoms with E-state index in [9.17, 15) is 9.90 Å². The third kappa shape index (κ3) is 3.63. The molecular weight excluding hydrogens is 342 g/mol. The number of fused-ring (bicyclic) bond motifs is 1. The summed E-state index contributed by atoms with van der Waals surface area (Å²) >= 11 is 0. The van der Waals surface area contributed by atoms with Crippen LogP contribution < -0.4 is 0 Å². The molecule has 0 aromatic heterocycles. The SMILES string of the molecule is O=C1[C@H](CCOCc2ccccc2)[C@@H](CO)[C@@H]2CO[C@@H](c3ccccc3)N12. The molecule has 142 valence electrons. The van der Waals surface area contributed by atoms with Gasteiger partial charge in [0.1, 0.15) is 0 Å². The van der Waals surface area contributed by atoms with Crippen molar-refractivity contribution in [3.63, 3.8) is 0 Å². The second kappa shape index (κ2) is 8.21. The molecule has 1 amide bonds. The van der Waals surface area contributed by atoms with Crippen LogP contribution in [-0.4, -0.2) is 41.8 Å². The van der Waals surface area contributed by atoms with Crippen molar-refractivity contribution in [3.05, 3.63) is 71.8 Å². The predicted molar refractivity (Wildman–Crippen MR) is 101 cm³/mol. The molecule has 2 fully saturated rings. The van der Waals surface area contributed by atoms with E-state index in [1.54, 1.807) is 0 Å². The molecule has 2 aromatic rings. The minimum atomic E-state index is -0.354. The Morgan fingerprint density at radius 3 is 2.48 bits per heavy atom. The first kappa shape index (κ1) is 18.2. The molecule has 0 saturated carbocycles. The van der Waals surface area contributed by atoms with Gasteiger partial charge in [0.15, 0.2) is 6.23 Å². The summed E-state index contributed by atoms with van der Waals surface area (Å²) in [6, 6.07) is 19.7. The standard InChI is InChI=1S/C22H25NO4/c24-13-19-18(11-12-26-14-16-7-3-1-4-8-16)21(25)23-20(19)15-27-22(23)17-9-5-2-6-10-17/h1-10,18-20,22,24H,11-15H2/t18-,19-,20+,22+/m1/s1. The number of aliphatic hydroxyl groups is 1. The van der Waals surface area contributed by atoms with Crippen molar-refractivity contribution in [2.75, 3.05) is 19.8 Å². The number of carbonyl (C=O) groups excluding carboxylic acids is 1. The van der Waals surface area contributed by atoms with Crippen LogP contribution >= 0.6 is 0 Å². The maximum atomic E-state index is 13.1. The average molecular weight is 367 g/mol. The molecule has 2 saturated heterocycles. The summed E-state index contributed by atoms with van der Waals surface area (Å²) in [5.41, 5.74) is 2.10. The van der Waals surface area contributed by atoms with Gasteiger partial charge >= 0.3 is 0 Å². The molecule has 0 unspecified atom stereocenters. The van der Waals surface area contributed by atoms with Crippen LogP contribution in [0.4, 0.5) is 0 Å². The van der Waals surface area contributed by atoms with Crippen LogP contribution in [0.25, 0.3) is 0 Å². The monoisotopic (exact) mass is 367 g/mol. The number of benzene rings is 2. The molecular formula is C22H25NO4. The molecule has 2 aliphatic rings. The number of hydrogen-bond donors (Lipinski definition) is 1. The van der Waals surface area contributed by atoms with E-state index in [0.717, 1.165) is 11.1 Å². The summed E-state index contributed by atoms with van der Waals surface area (Å²) in [5.74, 6) is -0.258. The Bertz CT molecular complexity index is 751. The van der Waals surface area contributed by atoms with E-state index in [-0.39, 0.29) is 36.6 Å². The highest BCUT2D eigenvalue weighted by Gasteiger charge is 2.53. The summed E-state index contributed by atoms with van der Waals surface area (Å²) in [5, 5.41) is 9.92. The first-order chi connectivity index (χ1) is 13.3. The molecule has 2 aliphatic heterocycles. The van der Waals surface area contributed by atoms with Crippen LogP contribution in [0.5, 0.6) is 0 Å². The third-order valence-corrected chi connectivity index (χ3v) is 5.60. The lowest BCUT2D eigenvalue weighted by atomic mass is 9.89. The highest BCUT2D eigenvalue weighted by molar-refractivity contribution is 5.83. The van der Waals surface area contributed by atoms with Gasteiger partial charge in [0, 0.05) is 30.6 Å². The molecule has 0 aliphatic carbocycles. The molecule has 5 heteroatoms. The van der Waals surface area contributed by atoms with Gasteiger partial charge in [-0.15, -0.1) is 0 Å². The summed E-state index contributed by atoms with van der Waals surface area (Å²) in [6.07, 6.45) is 0.263. The van der Waals surface area contributed by atoms with Gasteiger partial charge in [-0.05, 0) is 12.0 Å². The van der Waals surface area contributed by atoms with Crippen molar-refractivity contribution < 1.29 is 19.4 Å². The quantitative estimate of drug-likeness (QED) is 0.765. The van der Waals surface area contributed by atoms with Gasteiger partial charge < -0.3 is 19.5 Å². The van der Waals surface area contributed by atoms with E-state index >= 15 is 0 Å². The summed E-state index contributed by atoms with van der Waals surface area (Å²) in [7, 11) is 0. The number of amides is 1. The highest BCUT2D eigenvalue weighted by atomic mass is 16.5. The summed E-state index contributed by atoms with van der Waals surface area (Å²) in [4.78, 5) is 14.9. The normalized spacial score (nSPS) is 27.1. The maximum Gasteiger partial charge on any atom is 0.228 e. The van der Waals surface area contributed by atoms with Crippen LogP contribution in [0.15, 0.2) is 60.7 Å². The van der Waals surface area contributed by atoms with Crippen LogP contribution in [0, 0.1) is 11.8 Å². The van der Waals surface area contributed by atoms with Crippen molar-refractivity contribution in [1.82, 2.24) is 4.90 Å². The number of rotatable bonds is 7. The fraction of sp³-hybridized carbons (Fsp3) is 0.409. The Hall–Kier alpha value is -2.21. The van der Waals surface area contributed by atoms with E-state index in [1.165, 1.54) is 0 Å². The van der Waals surface area contributed by atoms with Crippen LogP contribution in [-0.2, 0) is 20.9 Å². The van der Waals surface area contributed by atoms with E-state index < -0.39 is 0 Å². The Labute approximate surface area is 159 Å². The van der Waals surface area contributed by atoms with Crippen LogP contribution in [0.2, 0.25) is 0 Å². The Morgan fingerprint density at radius 1 is 1.07 bits per heavy atom. The van der Waals surface area contributed by atoms with Gasteiger partial charge in [0.25, 0.3) is 0 Å². The molecule has 0 bridgehead atoms. The summed E-state index contributed by atoms with van der Waals surface area (Å²) < 4.78 is 11.7. The van der Waals surface area contributed by atoms with E-state index in [4.69, 9.17) is 9.47 Å². The maximum absolute atomic E-state index is 13.1. The smallest absolute Gasteiger partial charge is 0.228 e. The minimum absolute atomic E-state index is 0.0128.